The summed E-state index contributed by atoms with van der Waals surface area (Å²) in [5.74, 6) is 0. The van der Waals surface area contributed by atoms with Crippen LogP contribution in [0.1, 0.15) is 25.7 Å². The molecular weight excluding hydrogens is 142 g/mol. The molecule has 65 valence electrons. The molecule has 0 heterocycles. The summed E-state index contributed by atoms with van der Waals surface area (Å²) in [7, 11) is 3.47. The second-order valence-electron chi connectivity index (χ2n) is 2.36. The van der Waals surface area contributed by atoms with E-state index in [1.165, 1.54) is 0 Å². The van der Waals surface area contributed by atoms with Gasteiger partial charge in [-0.25, -0.2) is 0 Å². The van der Waals surface area contributed by atoms with Crippen molar-refractivity contribution >= 4 is 6.29 Å². The number of hydrogen-bond donors (Lipinski definition) is 0. The molecule has 3 heteroatoms. The molecular formula is C8H16NO2. The Morgan fingerprint density at radius 2 is 2.00 bits per heavy atom. The summed E-state index contributed by atoms with van der Waals surface area (Å²) in [4.78, 5) is 14.8. The highest BCUT2D eigenvalue weighted by Gasteiger charge is 1.94. The normalized spacial score (nSPS) is 10.5. The van der Waals surface area contributed by atoms with Crippen molar-refractivity contribution in [2.24, 2.45) is 0 Å². The fraction of sp³-hybridized carbons (Fsp3) is 0.750. The first-order valence-electron chi connectivity index (χ1n) is 3.85. The van der Waals surface area contributed by atoms with Crippen molar-refractivity contribution in [3.63, 3.8) is 0 Å². The number of hydrogen-bond acceptors (Lipinski definition) is 3. The van der Waals surface area contributed by atoms with Gasteiger partial charge in [-0.15, -0.1) is 0 Å². The minimum atomic E-state index is 0.671. The lowest BCUT2D eigenvalue weighted by Gasteiger charge is -2.11. The maximum Gasteiger partial charge on any atom is 0.119 e. The maximum atomic E-state index is 9.91. The number of aldehydes is 1. The van der Waals surface area contributed by atoms with Crippen LogP contribution < -0.4 is 0 Å². The third kappa shape index (κ3) is 7.49. The van der Waals surface area contributed by atoms with E-state index in [4.69, 9.17) is 4.84 Å². The van der Waals surface area contributed by atoms with Crippen LogP contribution in [0.5, 0.6) is 0 Å². The Morgan fingerprint density at radius 3 is 2.55 bits per heavy atom. The van der Waals surface area contributed by atoms with Gasteiger partial charge in [0, 0.05) is 13.5 Å². The van der Waals surface area contributed by atoms with Crippen molar-refractivity contribution in [3.8, 4) is 0 Å². The Bertz CT molecular complexity index is 96.1. The van der Waals surface area contributed by atoms with Crippen molar-refractivity contribution in [3.05, 3.63) is 6.54 Å². The van der Waals surface area contributed by atoms with Crippen LogP contribution in [0.25, 0.3) is 0 Å². The lowest BCUT2D eigenvalue weighted by atomic mass is 10.2. The highest BCUT2D eigenvalue weighted by atomic mass is 16.7. The van der Waals surface area contributed by atoms with Gasteiger partial charge in [-0.05, 0) is 12.8 Å². The second kappa shape index (κ2) is 7.69. The maximum absolute atomic E-state index is 9.91. The molecule has 0 rings (SSSR count). The van der Waals surface area contributed by atoms with Crippen LogP contribution in [-0.2, 0) is 9.63 Å². The fourth-order valence-electron chi connectivity index (χ4n) is 0.720. The van der Waals surface area contributed by atoms with Crippen molar-refractivity contribution in [2.75, 3.05) is 14.2 Å². The highest BCUT2D eigenvalue weighted by molar-refractivity contribution is 5.48. The summed E-state index contributed by atoms with van der Waals surface area (Å²) in [6.45, 7) is 1.96. The summed E-state index contributed by atoms with van der Waals surface area (Å²) in [6.07, 6.45) is 4.62. The van der Waals surface area contributed by atoms with Gasteiger partial charge in [-0.1, -0.05) is 6.42 Å². The van der Waals surface area contributed by atoms with E-state index in [0.29, 0.717) is 6.42 Å². The summed E-state index contributed by atoms with van der Waals surface area (Å²) < 4.78 is 0. The summed E-state index contributed by atoms with van der Waals surface area (Å²) in [5, 5.41) is 1.67. The number of rotatable bonds is 7. The van der Waals surface area contributed by atoms with E-state index < -0.39 is 0 Å². The molecule has 0 fully saturated rings. The van der Waals surface area contributed by atoms with E-state index in [1.54, 1.807) is 12.2 Å². The molecule has 0 aromatic heterocycles. The Balaban J connectivity index is 2.95. The number of unbranched alkanes of at least 4 members (excludes halogenated alkanes) is 3. The van der Waals surface area contributed by atoms with Gasteiger partial charge in [0.2, 0.25) is 0 Å². The van der Waals surface area contributed by atoms with Gasteiger partial charge in [-0.2, -0.15) is 5.06 Å². The molecule has 0 aromatic carbocycles. The zero-order valence-corrected chi connectivity index (χ0v) is 7.25. The predicted molar refractivity (Wildman–Crippen MR) is 43.6 cm³/mol. The molecule has 1 radical (unpaired) electrons. The van der Waals surface area contributed by atoms with Crippen molar-refractivity contribution in [2.45, 2.75) is 25.7 Å². The summed E-state index contributed by atoms with van der Waals surface area (Å²) >= 11 is 0. The fourth-order valence-corrected chi connectivity index (χ4v) is 0.720. The monoisotopic (exact) mass is 158 g/mol. The zero-order chi connectivity index (χ0) is 8.53. The summed E-state index contributed by atoms with van der Waals surface area (Å²) in [6, 6.07) is 0. The van der Waals surface area contributed by atoms with Gasteiger partial charge < -0.3 is 9.63 Å². The van der Waals surface area contributed by atoms with Gasteiger partial charge >= 0.3 is 0 Å². The highest BCUT2D eigenvalue weighted by Crippen LogP contribution is 2.02. The topological polar surface area (TPSA) is 29.5 Å². The van der Waals surface area contributed by atoms with Crippen molar-refractivity contribution < 1.29 is 9.63 Å². The van der Waals surface area contributed by atoms with Crippen LogP contribution in [-0.4, -0.2) is 25.5 Å². The Hall–Kier alpha value is -0.410. The number of carbonyl (C=O) groups excluding carboxylic acids is 1. The van der Waals surface area contributed by atoms with E-state index in [2.05, 4.69) is 0 Å². The van der Waals surface area contributed by atoms with Gasteiger partial charge in [-0.3, -0.25) is 0 Å². The minimum absolute atomic E-state index is 0.671. The first-order chi connectivity index (χ1) is 5.31. The number of carbonyl (C=O) groups is 1. The van der Waals surface area contributed by atoms with Crippen molar-refractivity contribution in [1.82, 2.24) is 5.06 Å². The molecule has 0 aromatic rings. The van der Waals surface area contributed by atoms with E-state index in [-0.39, 0.29) is 0 Å². The third-order valence-electron chi connectivity index (χ3n) is 1.45. The average molecular weight is 158 g/mol. The molecule has 0 bridgehead atoms. The second-order valence-corrected chi connectivity index (χ2v) is 2.36. The van der Waals surface area contributed by atoms with Crippen LogP contribution in [0.4, 0.5) is 0 Å². The zero-order valence-electron chi connectivity index (χ0n) is 7.25. The third-order valence-corrected chi connectivity index (χ3v) is 1.45. The SMILES string of the molecule is CON(C)[CH]CCCCC=O. The number of nitrogens with zero attached hydrogens (tertiary/aromatic N) is 1. The smallest absolute Gasteiger partial charge is 0.119 e. The molecule has 0 aliphatic rings. The van der Waals surface area contributed by atoms with Gasteiger partial charge in [0.05, 0.1) is 13.7 Å². The average Bonchev–Trinajstić information content (AvgIpc) is 2.04. The predicted octanol–water partition coefficient (Wildman–Crippen LogP) is 1.40. The molecule has 0 saturated heterocycles. The van der Waals surface area contributed by atoms with E-state index in [9.17, 15) is 4.79 Å². The van der Waals surface area contributed by atoms with Gasteiger partial charge in [0.15, 0.2) is 0 Å². The van der Waals surface area contributed by atoms with Crippen LogP contribution in [0.15, 0.2) is 0 Å². The summed E-state index contributed by atoms with van der Waals surface area (Å²) in [5.41, 5.74) is 0. The molecule has 0 spiro atoms. The molecule has 0 aliphatic carbocycles. The van der Waals surface area contributed by atoms with Gasteiger partial charge in [0.25, 0.3) is 0 Å². The lowest BCUT2D eigenvalue weighted by Crippen LogP contribution is -2.12. The lowest BCUT2D eigenvalue weighted by molar-refractivity contribution is -0.107. The molecule has 0 aliphatic heterocycles. The van der Waals surface area contributed by atoms with Gasteiger partial charge in [0.1, 0.15) is 6.29 Å². The Kier molecular flexibility index (Phi) is 7.41. The molecule has 0 amide bonds. The molecule has 3 nitrogen and oxygen atoms in total. The molecule has 11 heavy (non-hydrogen) atoms. The first kappa shape index (κ1) is 10.6. The first-order valence-corrected chi connectivity index (χ1v) is 3.85. The van der Waals surface area contributed by atoms with Crippen molar-refractivity contribution in [1.29, 1.82) is 0 Å². The standard InChI is InChI=1S/C8H16NO2/c1-9(11-2)7-5-3-4-6-8-10/h7-8H,3-6H2,1-2H3. The quantitative estimate of drug-likeness (QED) is 0.318. The van der Waals surface area contributed by atoms with E-state index in [1.807, 2.05) is 13.6 Å². The Morgan fingerprint density at radius 1 is 1.36 bits per heavy atom. The van der Waals surface area contributed by atoms with E-state index >= 15 is 0 Å². The van der Waals surface area contributed by atoms with Crippen LogP contribution >= 0.6 is 0 Å². The molecule has 0 N–H and O–H groups in total. The molecule has 0 atom stereocenters. The molecule has 0 unspecified atom stereocenters. The number of hydroxylamine groups is 2. The Labute approximate surface area is 68.3 Å². The largest absolute Gasteiger partial charge is 0.303 e. The van der Waals surface area contributed by atoms with Crippen LogP contribution in [0.2, 0.25) is 0 Å². The van der Waals surface area contributed by atoms with Crippen LogP contribution in [0, 0.1) is 6.54 Å². The van der Waals surface area contributed by atoms with E-state index in [0.717, 1.165) is 25.5 Å². The van der Waals surface area contributed by atoms with Crippen LogP contribution in [0.3, 0.4) is 0 Å². The molecule has 0 saturated carbocycles. The minimum Gasteiger partial charge on any atom is -0.303 e.